The maximum atomic E-state index is 12.8. The summed E-state index contributed by atoms with van der Waals surface area (Å²) >= 11 is 0. The number of carbonyl (C=O) groups excluding carboxylic acids is 1. The van der Waals surface area contributed by atoms with Gasteiger partial charge >= 0.3 is 6.09 Å². The molecule has 0 aliphatic carbocycles. The summed E-state index contributed by atoms with van der Waals surface area (Å²) in [5, 5.41) is 24.3. The normalized spacial score (nSPS) is 12.4. The van der Waals surface area contributed by atoms with Crippen molar-refractivity contribution in [2.24, 2.45) is 0 Å². The molecule has 0 saturated heterocycles. The molecular formula is C31H38N2O7. The molecule has 0 aromatic heterocycles. The smallest absolute Gasteiger partial charge is 0.404 e. The zero-order valence-electron chi connectivity index (χ0n) is 22.9. The van der Waals surface area contributed by atoms with Crippen molar-refractivity contribution in [2.45, 2.75) is 43.9 Å². The number of hydrogen-bond acceptors (Lipinski definition) is 6. The fourth-order valence-electron chi connectivity index (χ4n) is 4.38. The minimum Gasteiger partial charge on any atom is -0.497 e. The van der Waals surface area contributed by atoms with Crippen molar-refractivity contribution in [3.8, 4) is 11.5 Å². The van der Waals surface area contributed by atoms with Gasteiger partial charge in [-0.1, -0.05) is 61.0 Å². The molecule has 0 aliphatic rings. The third kappa shape index (κ3) is 9.29. The molecule has 3 aromatic rings. The number of aliphatic hydroxyl groups excluding tert-OH is 1. The summed E-state index contributed by atoms with van der Waals surface area (Å²) in [5.74, 6) is 1.23. The van der Waals surface area contributed by atoms with Gasteiger partial charge in [0.05, 0.1) is 26.9 Å². The zero-order valence-corrected chi connectivity index (χ0v) is 22.9. The van der Waals surface area contributed by atoms with E-state index in [-0.39, 0.29) is 18.9 Å². The molecule has 2 amide bonds. The van der Waals surface area contributed by atoms with Crippen LogP contribution in [-0.4, -0.2) is 55.6 Å². The Bertz CT molecular complexity index is 1120. The van der Waals surface area contributed by atoms with Crippen molar-refractivity contribution in [3.63, 3.8) is 0 Å². The highest BCUT2D eigenvalue weighted by Gasteiger charge is 2.29. The van der Waals surface area contributed by atoms with Crippen molar-refractivity contribution in [3.05, 3.63) is 95.6 Å². The van der Waals surface area contributed by atoms with E-state index in [1.165, 1.54) is 0 Å². The molecule has 214 valence electrons. The third-order valence-electron chi connectivity index (χ3n) is 6.51. The first-order valence-corrected chi connectivity index (χ1v) is 13.3. The molecule has 0 fully saturated rings. The van der Waals surface area contributed by atoms with Crippen LogP contribution in [0.3, 0.4) is 0 Å². The third-order valence-corrected chi connectivity index (χ3v) is 6.51. The molecule has 40 heavy (non-hydrogen) atoms. The van der Waals surface area contributed by atoms with Crippen LogP contribution >= 0.6 is 0 Å². The molecular weight excluding hydrogens is 512 g/mol. The van der Waals surface area contributed by atoms with E-state index in [4.69, 9.17) is 19.3 Å². The monoisotopic (exact) mass is 550 g/mol. The van der Waals surface area contributed by atoms with Gasteiger partial charge in [-0.2, -0.15) is 0 Å². The Labute approximate surface area is 235 Å². The minimum atomic E-state index is -1.06. The fraction of sp³-hybridized carbons (Fsp3) is 0.355. The Morgan fingerprint density at radius 1 is 0.775 bits per heavy atom. The van der Waals surface area contributed by atoms with Gasteiger partial charge in [-0.15, -0.1) is 0 Å². The van der Waals surface area contributed by atoms with E-state index in [1.54, 1.807) is 14.2 Å². The molecule has 3 rings (SSSR count). The van der Waals surface area contributed by atoms with Crippen LogP contribution in [0, 0.1) is 0 Å². The number of hydrogen-bond donors (Lipinski definition) is 4. The first-order chi connectivity index (χ1) is 19.4. The van der Waals surface area contributed by atoms with Crippen molar-refractivity contribution in [1.29, 1.82) is 0 Å². The van der Waals surface area contributed by atoms with Gasteiger partial charge in [-0.3, -0.25) is 4.79 Å². The quantitative estimate of drug-likeness (QED) is 0.188. The predicted octanol–water partition coefficient (Wildman–Crippen LogP) is 4.86. The van der Waals surface area contributed by atoms with Gasteiger partial charge in [-0.25, -0.2) is 4.79 Å². The Morgan fingerprint density at radius 2 is 1.35 bits per heavy atom. The van der Waals surface area contributed by atoms with Gasteiger partial charge < -0.3 is 35.1 Å². The molecule has 3 aromatic carbocycles. The number of ether oxygens (including phenoxy) is 3. The number of unbranched alkanes of at least 4 members (excludes halogenated alkanes) is 2. The first kappa shape index (κ1) is 30.5. The molecule has 0 aliphatic heterocycles. The second-order valence-electron chi connectivity index (χ2n) is 9.29. The van der Waals surface area contributed by atoms with Crippen molar-refractivity contribution in [1.82, 2.24) is 10.6 Å². The average Bonchev–Trinajstić information content (AvgIpc) is 2.99. The summed E-state index contributed by atoms with van der Waals surface area (Å²) < 4.78 is 17.4. The maximum absolute atomic E-state index is 12.8. The molecule has 2 unspecified atom stereocenters. The van der Waals surface area contributed by atoms with E-state index in [0.29, 0.717) is 25.8 Å². The van der Waals surface area contributed by atoms with E-state index >= 15 is 0 Å². The molecule has 0 heterocycles. The fourth-order valence-corrected chi connectivity index (χ4v) is 4.38. The van der Waals surface area contributed by atoms with E-state index in [1.807, 2.05) is 78.9 Å². The molecule has 0 spiro atoms. The van der Waals surface area contributed by atoms with E-state index in [0.717, 1.165) is 28.2 Å². The van der Waals surface area contributed by atoms with Gasteiger partial charge in [0.1, 0.15) is 23.7 Å². The van der Waals surface area contributed by atoms with Crippen molar-refractivity contribution in [2.75, 3.05) is 27.4 Å². The van der Waals surface area contributed by atoms with E-state index in [2.05, 4.69) is 10.6 Å². The number of methoxy groups -OCH3 is 2. The second kappa shape index (κ2) is 16.1. The Balaban J connectivity index is 1.82. The highest BCUT2D eigenvalue weighted by Crippen LogP contribution is 2.35. The van der Waals surface area contributed by atoms with Gasteiger partial charge in [0.25, 0.3) is 0 Å². The largest absolute Gasteiger partial charge is 0.497 e. The molecule has 9 heteroatoms. The SMILES string of the molecule is COc1ccc(C(OC(c2ccccc2)C(CO)NC(=O)CCCCCNC(=O)O)c2ccc(OC)cc2)cc1. The Hall–Kier alpha value is -4.08. The van der Waals surface area contributed by atoms with Crippen LogP contribution in [-0.2, 0) is 9.53 Å². The number of nitrogens with one attached hydrogen (secondary N) is 2. The van der Waals surface area contributed by atoms with Gasteiger partial charge in [0, 0.05) is 13.0 Å². The molecule has 4 N–H and O–H groups in total. The number of aliphatic hydroxyl groups is 1. The van der Waals surface area contributed by atoms with Crippen LogP contribution in [0.4, 0.5) is 4.79 Å². The number of carbonyl (C=O) groups is 2. The maximum Gasteiger partial charge on any atom is 0.404 e. The van der Waals surface area contributed by atoms with Crippen LogP contribution in [0.25, 0.3) is 0 Å². The Kier molecular flexibility index (Phi) is 12.3. The van der Waals surface area contributed by atoms with Crippen LogP contribution in [0.1, 0.15) is 54.6 Å². The van der Waals surface area contributed by atoms with Crippen LogP contribution < -0.4 is 20.1 Å². The summed E-state index contributed by atoms with van der Waals surface area (Å²) in [6.07, 6.45) is -0.0394. The molecule has 0 saturated carbocycles. The number of carboxylic acid groups (broad SMARTS) is 1. The molecule has 9 nitrogen and oxygen atoms in total. The second-order valence-corrected chi connectivity index (χ2v) is 9.29. The highest BCUT2D eigenvalue weighted by atomic mass is 16.5. The number of rotatable bonds is 16. The lowest BCUT2D eigenvalue weighted by Gasteiger charge is -2.32. The van der Waals surface area contributed by atoms with Crippen LogP contribution in [0.2, 0.25) is 0 Å². The lowest BCUT2D eigenvalue weighted by molar-refractivity contribution is -0.124. The standard InChI is InChI=1S/C31H38N2O7/c1-38-25-16-12-23(13-17-25)29(24-14-18-26(39-2)19-15-24)40-30(22-9-5-3-6-10-22)27(21-34)33-28(35)11-7-4-8-20-32-31(36)37/h3,5-6,9-10,12-19,27,29-30,32,34H,4,7-8,11,20-21H2,1-2H3,(H,33,35)(H,36,37). The zero-order chi connectivity index (χ0) is 28.7. The van der Waals surface area contributed by atoms with E-state index < -0.39 is 24.3 Å². The topological polar surface area (TPSA) is 126 Å². The summed E-state index contributed by atoms with van der Waals surface area (Å²) in [6, 6.07) is 24.0. The number of benzene rings is 3. The van der Waals surface area contributed by atoms with Crippen molar-refractivity contribution < 1.29 is 34.0 Å². The average molecular weight is 551 g/mol. The summed E-state index contributed by atoms with van der Waals surface area (Å²) in [4.78, 5) is 23.4. The lowest BCUT2D eigenvalue weighted by atomic mass is 9.98. The molecule has 0 bridgehead atoms. The van der Waals surface area contributed by atoms with Crippen molar-refractivity contribution >= 4 is 12.0 Å². The summed E-state index contributed by atoms with van der Waals surface area (Å²) in [7, 11) is 3.22. The van der Waals surface area contributed by atoms with Crippen LogP contribution in [0.5, 0.6) is 11.5 Å². The predicted molar refractivity (Wildman–Crippen MR) is 152 cm³/mol. The van der Waals surface area contributed by atoms with E-state index in [9.17, 15) is 14.7 Å². The Morgan fingerprint density at radius 3 is 1.85 bits per heavy atom. The minimum absolute atomic E-state index is 0.208. The van der Waals surface area contributed by atoms with Gasteiger partial charge in [-0.05, 0) is 53.8 Å². The molecule has 0 radical (unpaired) electrons. The summed E-state index contributed by atoms with van der Waals surface area (Å²) in [6.45, 7) is 0.0179. The lowest BCUT2D eigenvalue weighted by Crippen LogP contribution is -2.43. The highest BCUT2D eigenvalue weighted by molar-refractivity contribution is 5.76. The van der Waals surface area contributed by atoms with Gasteiger partial charge in [0.2, 0.25) is 5.91 Å². The molecule has 2 atom stereocenters. The van der Waals surface area contributed by atoms with Crippen LogP contribution in [0.15, 0.2) is 78.9 Å². The summed E-state index contributed by atoms with van der Waals surface area (Å²) in [5.41, 5.74) is 2.57. The first-order valence-electron chi connectivity index (χ1n) is 13.3. The number of amides is 2. The van der Waals surface area contributed by atoms with Gasteiger partial charge in [0.15, 0.2) is 0 Å².